The zero-order valence-electron chi connectivity index (χ0n) is 14.4. The lowest BCUT2D eigenvalue weighted by Gasteiger charge is -2.34. The molecule has 0 amide bonds. The van der Waals surface area contributed by atoms with E-state index in [1.807, 2.05) is 31.3 Å². The normalized spacial score (nSPS) is 18.8. The van der Waals surface area contributed by atoms with Gasteiger partial charge in [-0.15, -0.1) is 11.3 Å². The molecule has 0 bridgehead atoms. The molecule has 0 aliphatic carbocycles. The Morgan fingerprint density at radius 2 is 2.00 bits per heavy atom. The van der Waals surface area contributed by atoms with Crippen LogP contribution in [0.5, 0.6) is 0 Å². The van der Waals surface area contributed by atoms with E-state index in [9.17, 15) is 0 Å². The Kier molecular flexibility index (Phi) is 4.97. The van der Waals surface area contributed by atoms with E-state index in [1.54, 1.807) is 11.3 Å². The van der Waals surface area contributed by atoms with Gasteiger partial charge in [0.15, 0.2) is 0 Å². The molecule has 0 spiro atoms. The summed E-state index contributed by atoms with van der Waals surface area (Å²) in [5.74, 6) is 0. The van der Waals surface area contributed by atoms with Crippen LogP contribution in [0.2, 0.25) is 5.02 Å². The molecular weight excluding hydrogens is 340 g/mol. The van der Waals surface area contributed by atoms with E-state index in [2.05, 4.69) is 31.0 Å². The van der Waals surface area contributed by atoms with Crippen LogP contribution in [0.3, 0.4) is 0 Å². The largest absolute Gasteiger partial charge is 0.330 e. The Balaban J connectivity index is 2.19. The summed E-state index contributed by atoms with van der Waals surface area (Å²) in [4.78, 5) is 8.41. The van der Waals surface area contributed by atoms with Crippen molar-refractivity contribution < 1.29 is 0 Å². The van der Waals surface area contributed by atoms with Crippen LogP contribution in [0.25, 0.3) is 0 Å². The van der Waals surface area contributed by atoms with Crippen molar-refractivity contribution in [2.45, 2.75) is 33.1 Å². The fourth-order valence-corrected chi connectivity index (χ4v) is 4.44. The monoisotopic (exact) mass is 362 g/mol. The third-order valence-corrected chi connectivity index (χ3v) is 6.06. The third kappa shape index (κ3) is 2.97. The molecule has 2 heterocycles. The van der Waals surface area contributed by atoms with Gasteiger partial charge in [0.2, 0.25) is 0 Å². The van der Waals surface area contributed by atoms with Crippen LogP contribution in [0.15, 0.2) is 29.3 Å². The number of benzene rings is 1. The van der Waals surface area contributed by atoms with Gasteiger partial charge in [-0.3, -0.25) is 4.99 Å². The maximum atomic E-state index is 6.46. The summed E-state index contributed by atoms with van der Waals surface area (Å²) in [7, 11) is 1.95. The average Bonchev–Trinajstić information content (AvgIpc) is 2.76. The summed E-state index contributed by atoms with van der Waals surface area (Å²) in [5.41, 5.74) is 11.0. The molecule has 0 fully saturated rings. The molecule has 0 saturated heterocycles. The lowest BCUT2D eigenvalue weighted by atomic mass is 10.00. The topological polar surface area (TPSA) is 53.6 Å². The zero-order valence-corrected chi connectivity index (χ0v) is 16.0. The van der Waals surface area contributed by atoms with Crippen LogP contribution >= 0.6 is 22.9 Å². The molecule has 2 unspecified atom stereocenters. The molecule has 2 aromatic rings. The number of aliphatic imine (C=N–C) groups is 1. The van der Waals surface area contributed by atoms with Crippen molar-refractivity contribution in [2.24, 2.45) is 10.7 Å². The number of fused-ring (bicyclic) bond motifs is 1. The first-order valence-electron chi connectivity index (χ1n) is 8.06. The minimum atomic E-state index is -0.159. The molecule has 0 saturated carbocycles. The summed E-state index contributed by atoms with van der Waals surface area (Å²) >= 11 is 7.84. The number of nitrogens with one attached hydrogen (secondary N) is 1. The second-order valence-electron chi connectivity index (χ2n) is 6.10. The van der Waals surface area contributed by atoms with E-state index < -0.39 is 0 Å². The number of hydrogen-bond acceptors (Lipinski definition) is 5. The number of thiophene rings is 1. The van der Waals surface area contributed by atoms with Gasteiger partial charge in [0.05, 0.1) is 24.6 Å². The molecule has 2 atom stereocenters. The van der Waals surface area contributed by atoms with Gasteiger partial charge in [0.1, 0.15) is 5.00 Å². The highest BCUT2D eigenvalue weighted by Gasteiger charge is 2.31. The number of nitrogens with two attached hydrogens (primary N) is 1. The van der Waals surface area contributed by atoms with Crippen molar-refractivity contribution in [1.82, 2.24) is 5.32 Å². The van der Waals surface area contributed by atoms with Gasteiger partial charge in [-0.05, 0) is 45.5 Å². The van der Waals surface area contributed by atoms with Crippen LogP contribution in [0.4, 0.5) is 5.00 Å². The van der Waals surface area contributed by atoms with Crippen molar-refractivity contribution in [2.75, 3.05) is 18.5 Å². The number of halogens is 1. The Bertz CT molecular complexity index is 766. The summed E-state index contributed by atoms with van der Waals surface area (Å²) in [6.45, 7) is 7.00. The molecule has 0 radical (unpaired) electrons. The molecule has 6 heteroatoms. The Labute approximate surface area is 152 Å². The van der Waals surface area contributed by atoms with Gasteiger partial charge in [0.25, 0.3) is 0 Å². The van der Waals surface area contributed by atoms with Crippen molar-refractivity contribution in [3.8, 4) is 0 Å². The van der Waals surface area contributed by atoms with Crippen molar-refractivity contribution in [3.05, 3.63) is 50.9 Å². The molecule has 4 nitrogen and oxygen atoms in total. The highest BCUT2D eigenvalue weighted by molar-refractivity contribution is 7.16. The van der Waals surface area contributed by atoms with Gasteiger partial charge in [-0.1, -0.05) is 23.7 Å². The van der Waals surface area contributed by atoms with E-state index in [0.717, 1.165) is 16.3 Å². The molecule has 1 aliphatic heterocycles. The lowest BCUT2D eigenvalue weighted by Crippen LogP contribution is -2.53. The van der Waals surface area contributed by atoms with Crippen molar-refractivity contribution in [3.63, 3.8) is 0 Å². The standard InChI is InChI=1S/C18H23ClN4S/c1-10-11(2)24-18-16(10)17(13-5-7-14(19)8-6-13)22-9-15(20)23(18)12(3)21-4/h5-8,12,15,21H,9,20H2,1-4H3. The van der Waals surface area contributed by atoms with E-state index in [0.29, 0.717) is 6.54 Å². The third-order valence-electron chi connectivity index (χ3n) is 4.58. The van der Waals surface area contributed by atoms with Gasteiger partial charge in [-0.25, -0.2) is 0 Å². The fourth-order valence-electron chi connectivity index (χ4n) is 3.02. The van der Waals surface area contributed by atoms with Crippen LogP contribution in [-0.4, -0.2) is 31.6 Å². The molecule has 1 aliphatic rings. The van der Waals surface area contributed by atoms with Crippen LogP contribution < -0.4 is 16.0 Å². The van der Waals surface area contributed by atoms with E-state index in [-0.39, 0.29) is 12.3 Å². The first-order chi connectivity index (χ1) is 11.4. The summed E-state index contributed by atoms with van der Waals surface area (Å²) < 4.78 is 0. The quantitative estimate of drug-likeness (QED) is 0.878. The number of nitrogens with zero attached hydrogens (tertiary/aromatic N) is 2. The average molecular weight is 363 g/mol. The fraction of sp³-hybridized carbons (Fsp3) is 0.389. The summed E-state index contributed by atoms with van der Waals surface area (Å²) in [6, 6.07) is 7.87. The van der Waals surface area contributed by atoms with E-state index in [1.165, 1.54) is 21.0 Å². The summed E-state index contributed by atoms with van der Waals surface area (Å²) in [5, 5.41) is 5.22. The highest BCUT2D eigenvalue weighted by atomic mass is 35.5. The summed E-state index contributed by atoms with van der Waals surface area (Å²) in [6.07, 6.45) is -0.0237. The van der Waals surface area contributed by atoms with Crippen LogP contribution in [0, 0.1) is 13.8 Å². The first-order valence-corrected chi connectivity index (χ1v) is 9.25. The van der Waals surface area contributed by atoms with Crippen molar-refractivity contribution >= 4 is 33.7 Å². The molecule has 1 aromatic heterocycles. The van der Waals surface area contributed by atoms with Crippen LogP contribution in [-0.2, 0) is 0 Å². The number of anilines is 1. The lowest BCUT2D eigenvalue weighted by molar-refractivity contribution is 0.500. The number of rotatable bonds is 3. The first kappa shape index (κ1) is 17.4. The maximum absolute atomic E-state index is 6.46. The van der Waals surface area contributed by atoms with Gasteiger partial charge < -0.3 is 16.0 Å². The maximum Gasteiger partial charge on any atom is 0.103 e. The van der Waals surface area contributed by atoms with Crippen LogP contribution in [0.1, 0.15) is 28.5 Å². The molecule has 24 heavy (non-hydrogen) atoms. The minimum absolute atomic E-state index is 0.135. The smallest absolute Gasteiger partial charge is 0.103 e. The van der Waals surface area contributed by atoms with Gasteiger partial charge >= 0.3 is 0 Å². The molecule has 3 rings (SSSR count). The Hall–Kier alpha value is -1.40. The van der Waals surface area contributed by atoms with E-state index >= 15 is 0 Å². The molecule has 3 N–H and O–H groups in total. The zero-order chi connectivity index (χ0) is 17.4. The molecule has 128 valence electrons. The Morgan fingerprint density at radius 1 is 1.33 bits per heavy atom. The van der Waals surface area contributed by atoms with Gasteiger partial charge in [0, 0.05) is 21.0 Å². The van der Waals surface area contributed by atoms with E-state index in [4.69, 9.17) is 22.3 Å². The number of hydrogen-bond donors (Lipinski definition) is 2. The highest BCUT2D eigenvalue weighted by Crippen LogP contribution is 2.39. The predicted octanol–water partition coefficient (Wildman–Crippen LogP) is 3.53. The Morgan fingerprint density at radius 3 is 2.62 bits per heavy atom. The second-order valence-corrected chi connectivity index (χ2v) is 7.74. The van der Waals surface area contributed by atoms with Gasteiger partial charge in [-0.2, -0.15) is 0 Å². The number of aryl methyl sites for hydroxylation is 1. The SMILES string of the molecule is CNC(C)N1c2sc(C)c(C)c2C(c2ccc(Cl)cc2)=NCC1N. The molecular formula is C18H23ClN4S. The predicted molar refractivity (Wildman–Crippen MR) is 105 cm³/mol. The molecule has 1 aromatic carbocycles. The minimum Gasteiger partial charge on any atom is -0.330 e. The second kappa shape index (κ2) is 6.84. The van der Waals surface area contributed by atoms with Crippen molar-refractivity contribution in [1.29, 1.82) is 0 Å².